The lowest BCUT2D eigenvalue weighted by molar-refractivity contribution is -0.142. The molecule has 1 fully saturated rings. The van der Waals surface area contributed by atoms with Crippen LogP contribution in [0.3, 0.4) is 0 Å². The van der Waals surface area contributed by atoms with Crippen LogP contribution in [0.25, 0.3) is 0 Å². The molecule has 7 nitrogen and oxygen atoms in total. The van der Waals surface area contributed by atoms with E-state index in [9.17, 15) is 14.4 Å². The fraction of sp³-hybridized carbons (Fsp3) is 0.667. The number of carbonyl (C=O) groups excluding carboxylic acids is 2. The van der Waals surface area contributed by atoms with Gasteiger partial charge in [0.05, 0.1) is 6.54 Å². The van der Waals surface area contributed by atoms with Gasteiger partial charge in [0.1, 0.15) is 12.1 Å². The average molecular weight is 229 g/mol. The maximum atomic E-state index is 11.6. The van der Waals surface area contributed by atoms with Crippen molar-refractivity contribution in [2.24, 2.45) is 0 Å². The molecule has 0 aromatic carbocycles. The highest BCUT2D eigenvalue weighted by molar-refractivity contribution is 5.89. The monoisotopic (exact) mass is 229 g/mol. The molecule has 1 heterocycles. The quantitative estimate of drug-likeness (QED) is 0.448. The lowest BCUT2D eigenvalue weighted by atomic mass is 10.1. The molecule has 2 atom stereocenters. The average Bonchev–Trinajstić information content (AvgIpc) is 2.26. The van der Waals surface area contributed by atoms with Crippen molar-refractivity contribution < 1.29 is 19.5 Å². The molecule has 0 aliphatic carbocycles. The third kappa shape index (κ3) is 3.20. The molecule has 16 heavy (non-hydrogen) atoms. The van der Waals surface area contributed by atoms with E-state index in [1.807, 2.05) is 0 Å². The van der Waals surface area contributed by atoms with E-state index in [1.165, 1.54) is 0 Å². The zero-order valence-corrected chi connectivity index (χ0v) is 8.95. The maximum absolute atomic E-state index is 11.6. The second-order valence-corrected chi connectivity index (χ2v) is 3.55. The van der Waals surface area contributed by atoms with E-state index >= 15 is 0 Å². The zero-order valence-electron chi connectivity index (χ0n) is 8.95. The van der Waals surface area contributed by atoms with Crippen molar-refractivity contribution in [3.05, 3.63) is 0 Å². The SMILES string of the molecule is CC[C@@H](NC(=O)C1CNC(=O)CN1)C(=O)O. The molecular formula is C9H15N3O4. The van der Waals surface area contributed by atoms with Crippen LogP contribution in [0.5, 0.6) is 0 Å². The molecule has 1 aliphatic rings. The first-order valence-corrected chi connectivity index (χ1v) is 5.07. The summed E-state index contributed by atoms with van der Waals surface area (Å²) in [5.74, 6) is -1.64. The Hall–Kier alpha value is -1.63. The Morgan fingerprint density at radius 1 is 1.62 bits per heavy atom. The zero-order chi connectivity index (χ0) is 12.1. The maximum Gasteiger partial charge on any atom is 0.326 e. The molecule has 1 rings (SSSR count). The lowest BCUT2D eigenvalue weighted by Gasteiger charge is -2.24. The smallest absolute Gasteiger partial charge is 0.326 e. The van der Waals surface area contributed by atoms with Gasteiger partial charge in [-0.25, -0.2) is 4.79 Å². The number of hydrogen-bond acceptors (Lipinski definition) is 4. The summed E-state index contributed by atoms with van der Waals surface area (Å²) in [5, 5.41) is 16.4. The molecule has 0 radical (unpaired) electrons. The van der Waals surface area contributed by atoms with Crippen molar-refractivity contribution >= 4 is 17.8 Å². The van der Waals surface area contributed by atoms with Gasteiger partial charge in [-0.05, 0) is 6.42 Å². The van der Waals surface area contributed by atoms with E-state index in [1.54, 1.807) is 6.92 Å². The summed E-state index contributed by atoms with van der Waals surface area (Å²) >= 11 is 0. The van der Waals surface area contributed by atoms with Gasteiger partial charge < -0.3 is 15.7 Å². The van der Waals surface area contributed by atoms with Crippen LogP contribution in [0.1, 0.15) is 13.3 Å². The minimum absolute atomic E-state index is 0.0714. The van der Waals surface area contributed by atoms with Crippen LogP contribution in [-0.2, 0) is 14.4 Å². The molecule has 0 saturated carbocycles. The summed E-state index contributed by atoms with van der Waals surface area (Å²) in [6.45, 7) is 1.93. The van der Waals surface area contributed by atoms with Gasteiger partial charge in [-0.3, -0.25) is 14.9 Å². The van der Waals surface area contributed by atoms with Crippen molar-refractivity contribution in [2.45, 2.75) is 25.4 Å². The Morgan fingerprint density at radius 2 is 2.31 bits per heavy atom. The molecular weight excluding hydrogens is 214 g/mol. The number of amides is 2. The van der Waals surface area contributed by atoms with E-state index in [2.05, 4.69) is 16.0 Å². The Balaban J connectivity index is 2.45. The van der Waals surface area contributed by atoms with Crippen LogP contribution in [0.15, 0.2) is 0 Å². The van der Waals surface area contributed by atoms with Gasteiger partial charge in [0.15, 0.2) is 0 Å². The topological polar surface area (TPSA) is 108 Å². The standard InChI is InChI=1S/C9H15N3O4/c1-2-5(9(15)16)12-8(14)6-3-11-7(13)4-10-6/h5-6,10H,2-4H2,1H3,(H,11,13)(H,12,14)(H,15,16)/t5-,6?/m1/s1. The summed E-state index contributed by atoms with van der Waals surface area (Å²) in [7, 11) is 0. The predicted molar refractivity (Wildman–Crippen MR) is 54.7 cm³/mol. The van der Waals surface area contributed by atoms with E-state index in [0.717, 1.165) is 0 Å². The molecule has 0 aromatic rings. The third-order valence-corrected chi connectivity index (χ3v) is 2.35. The third-order valence-electron chi connectivity index (χ3n) is 2.35. The van der Waals surface area contributed by atoms with Crippen molar-refractivity contribution in [3.63, 3.8) is 0 Å². The van der Waals surface area contributed by atoms with Crippen molar-refractivity contribution in [2.75, 3.05) is 13.1 Å². The van der Waals surface area contributed by atoms with Crippen molar-refractivity contribution in [1.29, 1.82) is 0 Å². The molecule has 0 bridgehead atoms. The number of carboxylic acids is 1. The number of piperazine rings is 1. The van der Waals surface area contributed by atoms with Crippen LogP contribution in [0.2, 0.25) is 0 Å². The fourth-order valence-electron chi connectivity index (χ4n) is 1.36. The first-order chi connectivity index (χ1) is 7.54. The van der Waals surface area contributed by atoms with Crippen molar-refractivity contribution in [1.82, 2.24) is 16.0 Å². The van der Waals surface area contributed by atoms with Crippen LogP contribution < -0.4 is 16.0 Å². The minimum Gasteiger partial charge on any atom is -0.480 e. The van der Waals surface area contributed by atoms with E-state index < -0.39 is 24.0 Å². The number of carbonyl (C=O) groups is 3. The normalized spacial score (nSPS) is 22.1. The molecule has 1 saturated heterocycles. The van der Waals surface area contributed by atoms with Gasteiger partial charge in [-0.2, -0.15) is 0 Å². The number of rotatable bonds is 4. The predicted octanol–water partition coefficient (Wildman–Crippen LogP) is -1.95. The minimum atomic E-state index is -1.06. The van der Waals surface area contributed by atoms with Gasteiger partial charge in [-0.1, -0.05) is 6.92 Å². The molecule has 0 aromatic heterocycles. The van der Waals surface area contributed by atoms with Crippen LogP contribution in [0.4, 0.5) is 0 Å². The van der Waals surface area contributed by atoms with Gasteiger partial charge in [0, 0.05) is 6.54 Å². The van der Waals surface area contributed by atoms with E-state index in [0.29, 0.717) is 6.42 Å². The largest absolute Gasteiger partial charge is 0.480 e. The second-order valence-electron chi connectivity index (χ2n) is 3.55. The Bertz CT molecular complexity index is 295. The first kappa shape index (κ1) is 12.4. The van der Waals surface area contributed by atoms with Crippen LogP contribution in [-0.4, -0.2) is 48.1 Å². The van der Waals surface area contributed by atoms with Gasteiger partial charge in [-0.15, -0.1) is 0 Å². The number of carboxylic acid groups (broad SMARTS) is 1. The molecule has 4 N–H and O–H groups in total. The summed E-state index contributed by atoms with van der Waals surface area (Å²) < 4.78 is 0. The van der Waals surface area contributed by atoms with Gasteiger partial charge in [0.2, 0.25) is 11.8 Å². The molecule has 1 unspecified atom stereocenters. The summed E-state index contributed by atoms with van der Waals surface area (Å²) in [6, 6.07) is -1.45. The number of aliphatic carboxylic acids is 1. The lowest BCUT2D eigenvalue weighted by Crippen LogP contribution is -2.59. The van der Waals surface area contributed by atoms with Gasteiger partial charge in [0.25, 0.3) is 0 Å². The Morgan fingerprint density at radius 3 is 2.75 bits per heavy atom. The summed E-state index contributed by atoms with van der Waals surface area (Å²) in [6.07, 6.45) is 0.320. The van der Waals surface area contributed by atoms with E-state index in [-0.39, 0.29) is 19.0 Å². The Kier molecular flexibility index (Phi) is 4.24. The number of hydrogen-bond donors (Lipinski definition) is 4. The second kappa shape index (κ2) is 5.45. The number of nitrogens with one attached hydrogen (secondary N) is 3. The Labute approximate surface area is 92.6 Å². The fourth-order valence-corrected chi connectivity index (χ4v) is 1.36. The molecule has 7 heteroatoms. The molecule has 90 valence electrons. The van der Waals surface area contributed by atoms with Crippen LogP contribution >= 0.6 is 0 Å². The van der Waals surface area contributed by atoms with Crippen LogP contribution in [0, 0.1) is 0 Å². The molecule has 0 spiro atoms. The highest BCUT2D eigenvalue weighted by atomic mass is 16.4. The highest BCUT2D eigenvalue weighted by Gasteiger charge is 2.26. The van der Waals surface area contributed by atoms with E-state index in [4.69, 9.17) is 5.11 Å². The van der Waals surface area contributed by atoms with Gasteiger partial charge >= 0.3 is 5.97 Å². The molecule has 1 aliphatic heterocycles. The van der Waals surface area contributed by atoms with Crippen molar-refractivity contribution in [3.8, 4) is 0 Å². The molecule has 2 amide bonds. The summed E-state index contributed by atoms with van der Waals surface area (Å²) in [5.41, 5.74) is 0. The summed E-state index contributed by atoms with van der Waals surface area (Å²) in [4.78, 5) is 33.1. The highest BCUT2D eigenvalue weighted by Crippen LogP contribution is 1.94. The first-order valence-electron chi connectivity index (χ1n) is 5.07.